The molecule has 0 aromatic rings. The van der Waals surface area contributed by atoms with Gasteiger partial charge in [-0.15, -0.1) is 0 Å². The van der Waals surface area contributed by atoms with E-state index in [1.54, 1.807) is 0 Å². The van der Waals surface area contributed by atoms with Gasteiger partial charge < -0.3 is 4.99 Å². The van der Waals surface area contributed by atoms with E-state index in [9.17, 15) is 0 Å². The topological polar surface area (TPSA) is 12.4 Å². The van der Waals surface area contributed by atoms with Crippen LogP contribution in [0.2, 0.25) is 0 Å². The maximum atomic E-state index is 4.00. The van der Waals surface area contributed by atoms with E-state index >= 15 is 0 Å². The van der Waals surface area contributed by atoms with Crippen molar-refractivity contribution >= 4 is 6.21 Å². The Kier molecular flexibility index (Phi) is 7.12. The number of rotatable bonds is 6. The minimum Gasteiger partial charge on any atom is -0.301 e. The predicted molar refractivity (Wildman–Crippen MR) is 56.9 cm³/mol. The minimum absolute atomic E-state index is 0.801. The standard InChI is InChI=1S/C11H23N/c1-5-6-10(2)9-11(3)7-8-12-4/h8,10-11H,5-7,9H2,1-4H3/b12-8+/t10-,11?/m0/s1. The highest BCUT2D eigenvalue weighted by molar-refractivity contribution is 5.57. The molecule has 0 saturated carbocycles. The highest BCUT2D eigenvalue weighted by atomic mass is 14.6. The number of hydrogen-bond donors (Lipinski definition) is 0. The van der Waals surface area contributed by atoms with Crippen LogP contribution in [0.15, 0.2) is 4.99 Å². The van der Waals surface area contributed by atoms with Crippen molar-refractivity contribution in [2.45, 2.75) is 46.5 Å². The smallest absolute Gasteiger partial charge is 0.0273 e. The van der Waals surface area contributed by atoms with Crippen LogP contribution in [0, 0.1) is 11.8 Å². The zero-order valence-corrected chi connectivity index (χ0v) is 9.01. The second kappa shape index (κ2) is 7.33. The Labute approximate surface area is 77.3 Å². The molecule has 0 aromatic carbocycles. The molecule has 1 nitrogen and oxygen atoms in total. The lowest BCUT2D eigenvalue weighted by molar-refractivity contribution is 0.400. The average Bonchev–Trinajstić information content (AvgIpc) is 2.01. The molecular weight excluding hydrogens is 146 g/mol. The summed E-state index contributed by atoms with van der Waals surface area (Å²) in [6.07, 6.45) is 7.21. The van der Waals surface area contributed by atoms with Crippen molar-refractivity contribution in [2.75, 3.05) is 7.05 Å². The van der Waals surface area contributed by atoms with E-state index in [2.05, 4.69) is 25.8 Å². The van der Waals surface area contributed by atoms with E-state index in [0.29, 0.717) is 0 Å². The Morgan fingerprint density at radius 2 is 1.92 bits per heavy atom. The zero-order valence-electron chi connectivity index (χ0n) is 9.01. The van der Waals surface area contributed by atoms with Crippen molar-refractivity contribution in [3.05, 3.63) is 0 Å². The molecular formula is C11H23N. The van der Waals surface area contributed by atoms with E-state index in [-0.39, 0.29) is 0 Å². The molecule has 0 radical (unpaired) electrons. The molecule has 0 amide bonds. The molecule has 0 rings (SSSR count). The van der Waals surface area contributed by atoms with Crippen molar-refractivity contribution in [1.82, 2.24) is 0 Å². The van der Waals surface area contributed by atoms with Crippen LogP contribution in [0.3, 0.4) is 0 Å². The summed E-state index contributed by atoms with van der Waals surface area (Å²) < 4.78 is 0. The monoisotopic (exact) mass is 169 g/mol. The minimum atomic E-state index is 0.801. The highest BCUT2D eigenvalue weighted by Crippen LogP contribution is 2.18. The molecule has 0 aromatic heterocycles. The second-order valence-electron chi connectivity index (χ2n) is 3.91. The Morgan fingerprint density at radius 3 is 2.42 bits per heavy atom. The second-order valence-corrected chi connectivity index (χ2v) is 3.91. The molecule has 2 atom stereocenters. The lowest BCUT2D eigenvalue weighted by Crippen LogP contribution is -2.03. The summed E-state index contributed by atoms with van der Waals surface area (Å²) in [5, 5.41) is 0. The van der Waals surface area contributed by atoms with Crippen molar-refractivity contribution in [2.24, 2.45) is 16.8 Å². The first kappa shape index (κ1) is 11.7. The normalized spacial score (nSPS) is 16.7. The van der Waals surface area contributed by atoms with Crippen molar-refractivity contribution in [1.29, 1.82) is 0 Å². The fraction of sp³-hybridized carbons (Fsp3) is 0.909. The molecule has 0 aliphatic rings. The van der Waals surface area contributed by atoms with Crippen LogP contribution in [0.4, 0.5) is 0 Å². The van der Waals surface area contributed by atoms with Gasteiger partial charge in [0.05, 0.1) is 0 Å². The van der Waals surface area contributed by atoms with Gasteiger partial charge in [0.2, 0.25) is 0 Å². The van der Waals surface area contributed by atoms with E-state index < -0.39 is 0 Å². The van der Waals surface area contributed by atoms with Gasteiger partial charge in [-0.05, 0) is 30.9 Å². The Bertz CT molecular complexity index is 118. The Hall–Kier alpha value is -0.330. The molecule has 1 unspecified atom stereocenters. The summed E-state index contributed by atoms with van der Waals surface area (Å²) >= 11 is 0. The van der Waals surface area contributed by atoms with E-state index in [1.165, 1.54) is 19.3 Å². The van der Waals surface area contributed by atoms with Crippen molar-refractivity contribution in [3.8, 4) is 0 Å². The molecule has 0 aliphatic heterocycles. The average molecular weight is 169 g/mol. The van der Waals surface area contributed by atoms with Gasteiger partial charge >= 0.3 is 0 Å². The van der Waals surface area contributed by atoms with Gasteiger partial charge in [-0.2, -0.15) is 0 Å². The summed E-state index contributed by atoms with van der Waals surface area (Å²) in [6, 6.07) is 0. The van der Waals surface area contributed by atoms with E-state index in [0.717, 1.165) is 18.3 Å². The third kappa shape index (κ3) is 6.38. The first-order valence-electron chi connectivity index (χ1n) is 5.11. The molecule has 0 aliphatic carbocycles. The molecule has 0 saturated heterocycles. The predicted octanol–water partition coefficient (Wildman–Crippen LogP) is 3.54. The third-order valence-electron chi connectivity index (χ3n) is 2.28. The third-order valence-corrected chi connectivity index (χ3v) is 2.28. The van der Waals surface area contributed by atoms with Gasteiger partial charge in [-0.1, -0.05) is 33.6 Å². The number of nitrogens with zero attached hydrogens (tertiary/aromatic N) is 1. The zero-order chi connectivity index (χ0) is 9.40. The quantitative estimate of drug-likeness (QED) is 0.539. The van der Waals surface area contributed by atoms with Crippen LogP contribution >= 0.6 is 0 Å². The summed E-state index contributed by atoms with van der Waals surface area (Å²) in [5.41, 5.74) is 0. The number of aliphatic imine (C=N–C) groups is 1. The summed E-state index contributed by atoms with van der Waals surface area (Å²) in [6.45, 7) is 6.92. The van der Waals surface area contributed by atoms with Crippen LogP contribution in [0.1, 0.15) is 46.5 Å². The molecule has 0 spiro atoms. The van der Waals surface area contributed by atoms with E-state index in [4.69, 9.17) is 0 Å². The van der Waals surface area contributed by atoms with Crippen LogP contribution in [-0.4, -0.2) is 13.3 Å². The van der Waals surface area contributed by atoms with Gasteiger partial charge in [0.1, 0.15) is 0 Å². The lowest BCUT2D eigenvalue weighted by atomic mass is 9.92. The van der Waals surface area contributed by atoms with Crippen molar-refractivity contribution in [3.63, 3.8) is 0 Å². The first-order chi connectivity index (χ1) is 5.70. The largest absolute Gasteiger partial charge is 0.301 e. The van der Waals surface area contributed by atoms with Crippen LogP contribution in [0.5, 0.6) is 0 Å². The Morgan fingerprint density at radius 1 is 1.25 bits per heavy atom. The Balaban J connectivity index is 3.46. The molecule has 1 heteroatoms. The lowest BCUT2D eigenvalue weighted by Gasteiger charge is -2.14. The molecule has 0 fully saturated rings. The van der Waals surface area contributed by atoms with Gasteiger partial charge in [-0.25, -0.2) is 0 Å². The summed E-state index contributed by atoms with van der Waals surface area (Å²) in [5.74, 6) is 1.69. The SMILES string of the molecule is CCC[C@H](C)CC(C)C/C=N/C. The maximum absolute atomic E-state index is 4.00. The molecule has 12 heavy (non-hydrogen) atoms. The van der Waals surface area contributed by atoms with Crippen LogP contribution in [-0.2, 0) is 0 Å². The summed E-state index contributed by atoms with van der Waals surface area (Å²) in [4.78, 5) is 4.00. The van der Waals surface area contributed by atoms with Gasteiger partial charge in [-0.3, -0.25) is 0 Å². The molecule has 0 N–H and O–H groups in total. The first-order valence-corrected chi connectivity index (χ1v) is 5.11. The molecule has 72 valence electrons. The fourth-order valence-corrected chi connectivity index (χ4v) is 1.68. The van der Waals surface area contributed by atoms with Crippen molar-refractivity contribution < 1.29 is 0 Å². The van der Waals surface area contributed by atoms with Crippen LogP contribution in [0.25, 0.3) is 0 Å². The summed E-state index contributed by atoms with van der Waals surface area (Å²) in [7, 11) is 1.85. The molecule has 0 heterocycles. The highest BCUT2D eigenvalue weighted by Gasteiger charge is 2.06. The maximum Gasteiger partial charge on any atom is 0.0273 e. The van der Waals surface area contributed by atoms with Crippen LogP contribution < -0.4 is 0 Å². The number of hydrogen-bond acceptors (Lipinski definition) is 1. The fourth-order valence-electron chi connectivity index (χ4n) is 1.68. The van der Waals surface area contributed by atoms with Gasteiger partial charge in [0.15, 0.2) is 0 Å². The van der Waals surface area contributed by atoms with E-state index in [1.807, 2.05) is 13.3 Å². The van der Waals surface area contributed by atoms with Gasteiger partial charge in [0, 0.05) is 7.05 Å². The van der Waals surface area contributed by atoms with Gasteiger partial charge in [0.25, 0.3) is 0 Å². The molecule has 0 bridgehead atoms.